The van der Waals surface area contributed by atoms with Crippen LogP contribution >= 0.6 is 15.9 Å². The van der Waals surface area contributed by atoms with Crippen molar-refractivity contribution in [3.63, 3.8) is 0 Å². The van der Waals surface area contributed by atoms with Crippen LogP contribution in [0.2, 0.25) is 0 Å². The third-order valence-electron chi connectivity index (χ3n) is 2.36. The van der Waals surface area contributed by atoms with Gasteiger partial charge in [0.15, 0.2) is 6.29 Å². The Morgan fingerprint density at radius 2 is 2.12 bits per heavy atom. The third-order valence-corrected chi connectivity index (χ3v) is 2.85. The molecule has 0 spiro atoms. The summed E-state index contributed by atoms with van der Waals surface area (Å²) in [5.41, 5.74) is 0.610. The molecule has 2 nitrogen and oxygen atoms in total. The second-order valence-electron chi connectivity index (χ2n) is 3.71. The van der Waals surface area contributed by atoms with Crippen molar-refractivity contribution in [1.29, 1.82) is 0 Å². The molecule has 0 bridgehead atoms. The van der Waals surface area contributed by atoms with Gasteiger partial charge in [0.2, 0.25) is 0 Å². The van der Waals surface area contributed by atoms with Crippen LogP contribution in [0.15, 0.2) is 22.7 Å². The summed E-state index contributed by atoms with van der Waals surface area (Å²) >= 11 is 3.36. The predicted molar refractivity (Wildman–Crippen MR) is 69.2 cm³/mol. The molecule has 1 aromatic carbocycles. The SMILES string of the molecule is CCCCCCOc1cc(Br)ccc1C=O. The standard InChI is InChI=1S/C13H17BrO2/c1-2-3-4-5-8-16-13-9-12(14)7-6-11(13)10-15/h6-7,9-10H,2-5,8H2,1H3. The average molecular weight is 285 g/mol. The Bertz CT molecular complexity index is 337. The molecule has 0 aliphatic rings. The summed E-state index contributed by atoms with van der Waals surface area (Å²) in [5.74, 6) is 0.667. The molecule has 1 aromatic rings. The van der Waals surface area contributed by atoms with E-state index in [1.807, 2.05) is 12.1 Å². The lowest BCUT2D eigenvalue weighted by Gasteiger charge is -2.08. The minimum absolute atomic E-state index is 0.610. The van der Waals surface area contributed by atoms with Gasteiger partial charge < -0.3 is 4.74 Å². The molecule has 0 aromatic heterocycles. The van der Waals surface area contributed by atoms with E-state index in [4.69, 9.17) is 4.74 Å². The number of halogens is 1. The van der Waals surface area contributed by atoms with E-state index in [1.165, 1.54) is 19.3 Å². The van der Waals surface area contributed by atoms with Crippen LogP contribution < -0.4 is 4.74 Å². The lowest BCUT2D eigenvalue weighted by molar-refractivity contribution is 0.111. The van der Waals surface area contributed by atoms with Crippen LogP contribution in [-0.4, -0.2) is 12.9 Å². The zero-order valence-corrected chi connectivity index (χ0v) is 11.1. The summed E-state index contributed by atoms with van der Waals surface area (Å²) in [6.07, 6.45) is 5.51. The first kappa shape index (κ1) is 13.2. The van der Waals surface area contributed by atoms with Crippen molar-refractivity contribution in [3.05, 3.63) is 28.2 Å². The molecule has 0 atom stereocenters. The van der Waals surface area contributed by atoms with E-state index in [9.17, 15) is 4.79 Å². The molecule has 0 saturated heterocycles. The van der Waals surface area contributed by atoms with Crippen molar-refractivity contribution in [2.75, 3.05) is 6.61 Å². The van der Waals surface area contributed by atoms with Crippen LogP contribution in [-0.2, 0) is 0 Å². The molecular weight excluding hydrogens is 268 g/mol. The number of hydrogen-bond donors (Lipinski definition) is 0. The van der Waals surface area contributed by atoms with Crippen LogP contribution in [0.25, 0.3) is 0 Å². The smallest absolute Gasteiger partial charge is 0.153 e. The first-order valence-corrected chi connectivity index (χ1v) is 6.44. The maximum absolute atomic E-state index is 10.8. The van der Waals surface area contributed by atoms with Gasteiger partial charge in [-0.2, -0.15) is 0 Å². The van der Waals surface area contributed by atoms with Crippen molar-refractivity contribution < 1.29 is 9.53 Å². The topological polar surface area (TPSA) is 26.3 Å². The summed E-state index contributed by atoms with van der Waals surface area (Å²) in [5, 5.41) is 0. The Hall–Kier alpha value is -0.830. The highest BCUT2D eigenvalue weighted by atomic mass is 79.9. The van der Waals surface area contributed by atoms with Crippen molar-refractivity contribution in [3.8, 4) is 5.75 Å². The quantitative estimate of drug-likeness (QED) is 0.554. The average Bonchev–Trinajstić information content (AvgIpc) is 2.29. The van der Waals surface area contributed by atoms with Gasteiger partial charge >= 0.3 is 0 Å². The highest BCUT2D eigenvalue weighted by Gasteiger charge is 2.03. The first-order valence-electron chi connectivity index (χ1n) is 5.65. The highest BCUT2D eigenvalue weighted by molar-refractivity contribution is 9.10. The van der Waals surface area contributed by atoms with Gasteiger partial charge in [-0.1, -0.05) is 42.1 Å². The summed E-state index contributed by atoms with van der Waals surface area (Å²) in [6.45, 7) is 2.86. The van der Waals surface area contributed by atoms with E-state index in [0.717, 1.165) is 17.2 Å². The monoisotopic (exact) mass is 284 g/mol. The molecule has 0 amide bonds. The molecular formula is C13H17BrO2. The number of unbranched alkanes of at least 4 members (excludes halogenated alkanes) is 3. The predicted octanol–water partition coefficient (Wildman–Crippen LogP) is 4.22. The Balaban J connectivity index is 2.45. The molecule has 1 rings (SSSR count). The van der Waals surface area contributed by atoms with E-state index in [-0.39, 0.29) is 0 Å². The second-order valence-corrected chi connectivity index (χ2v) is 4.62. The molecule has 16 heavy (non-hydrogen) atoms. The molecule has 0 heterocycles. The number of aldehydes is 1. The molecule has 0 fully saturated rings. The summed E-state index contributed by atoms with van der Waals surface area (Å²) in [7, 11) is 0. The van der Waals surface area contributed by atoms with Crippen LogP contribution in [0.1, 0.15) is 43.0 Å². The fourth-order valence-corrected chi connectivity index (χ4v) is 1.78. The van der Waals surface area contributed by atoms with Crippen LogP contribution in [0.4, 0.5) is 0 Å². The fourth-order valence-electron chi connectivity index (χ4n) is 1.44. The number of rotatable bonds is 7. The van der Waals surface area contributed by atoms with Crippen LogP contribution in [0.3, 0.4) is 0 Å². The Labute approximate surface area is 105 Å². The van der Waals surface area contributed by atoms with Crippen LogP contribution in [0.5, 0.6) is 5.75 Å². The first-order chi connectivity index (χ1) is 7.77. The van der Waals surface area contributed by atoms with Crippen molar-refractivity contribution in [2.24, 2.45) is 0 Å². The third kappa shape index (κ3) is 4.35. The Kier molecular flexibility index (Phi) is 6.16. The van der Waals surface area contributed by atoms with E-state index in [1.54, 1.807) is 6.07 Å². The van der Waals surface area contributed by atoms with Crippen molar-refractivity contribution in [1.82, 2.24) is 0 Å². The number of carbonyl (C=O) groups is 1. The number of benzene rings is 1. The molecule has 0 unspecified atom stereocenters. The van der Waals surface area contributed by atoms with E-state index < -0.39 is 0 Å². The number of carbonyl (C=O) groups excluding carboxylic acids is 1. The lowest BCUT2D eigenvalue weighted by Crippen LogP contribution is -2.00. The number of ether oxygens (including phenoxy) is 1. The lowest BCUT2D eigenvalue weighted by atomic mass is 10.2. The highest BCUT2D eigenvalue weighted by Crippen LogP contribution is 2.22. The second kappa shape index (κ2) is 7.44. The summed E-state index contributed by atoms with van der Waals surface area (Å²) in [4.78, 5) is 10.8. The molecule has 0 aliphatic heterocycles. The molecule has 0 saturated carbocycles. The van der Waals surface area contributed by atoms with Gasteiger partial charge in [-0.3, -0.25) is 4.79 Å². The van der Waals surface area contributed by atoms with E-state index in [0.29, 0.717) is 17.9 Å². The number of hydrogen-bond acceptors (Lipinski definition) is 2. The molecule has 0 aliphatic carbocycles. The summed E-state index contributed by atoms with van der Waals surface area (Å²) in [6, 6.07) is 5.44. The van der Waals surface area contributed by atoms with Gasteiger partial charge in [-0.25, -0.2) is 0 Å². The molecule has 3 heteroatoms. The maximum Gasteiger partial charge on any atom is 0.153 e. The fraction of sp³-hybridized carbons (Fsp3) is 0.462. The van der Waals surface area contributed by atoms with Gasteiger partial charge in [-0.05, 0) is 24.6 Å². The molecule has 0 N–H and O–H groups in total. The van der Waals surface area contributed by atoms with E-state index >= 15 is 0 Å². The van der Waals surface area contributed by atoms with Crippen molar-refractivity contribution >= 4 is 22.2 Å². The molecule has 0 radical (unpaired) electrons. The van der Waals surface area contributed by atoms with Gasteiger partial charge in [0.1, 0.15) is 5.75 Å². The molecule has 88 valence electrons. The minimum atomic E-state index is 0.610. The van der Waals surface area contributed by atoms with Gasteiger partial charge in [-0.15, -0.1) is 0 Å². The minimum Gasteiger partial charge on any atom is -0.493 e. The van der Waals surface area contributed by atoms with Gasteiger partial charge in [0, 0.05) is 4.47 Å². The Morgan fingerprint density at radius 3 is 2.81 bits per heavy atom. The normalized spacial score (nSPS) is 10.1. The van der Waals surface area contributed by atoms with Gasteiger partial charge in [0.05, 0.1) is 12.2 Å². The van der Waals surface area contributed by atoms with Gasteiger partial charge in [0.25, 0.3) is 0 Å². The zero-order chi connectivity index (χ0) is 11.8. The zero-order valence-electron chi connectivity index (χ0n) is 9.54. The van der Waals surface area contributed by atoms with Crippen LogP contribution in [0, 0.1) is 0 Å². The van der Waals surface area contributed by atoms with Crippen molar-refractivity contribution in [2.45, 2.75) is 32.6 Å². The maximum atomic E-state index is 10.8. The largest absolute Gasteiger partial charge is 0.493 e. The Morgan fingerprint density at radius 1 is 1.31 bits per heavy atom. The summed E-state index contributed by atoms with van der Waals surface area (Å²) < 4.78 is 6.53. The van der Waals surface area contributed by atoms with E-state index in [2.05, 4.69) is 22.9 Å².